The molecule has 0 fully saturated rings. The zero-order valence-electron chi connectivity index (χ0n) is 21.9. The lowest BCUT2D eigenvalue weighted by Crippen LogP contribution is -2.22. The Hall–Kier alpha value is -6.01. The van der Waals surface area contributed by atoms with Crippen molar-refractivity contribution in [2.24, 2.45) is 4.40 Å². The van der Waals surface area contributed by atoms with E-state index < -0.39 is 0 Å². The highest BCUT2D eigenvalue weighted by molar-refractivity contribution is 7.79. The number of rotatable bonds is 3. The van der Waals surface area contributed by atoms with Crippen molar-refractivity contribution in [2.45, 2.75) is 0 Å². The van der Waals surface area contributed by atoms with E-state index in [1.165, 1.54) is 6.07 Å². The lowest BCUT2D eigenvalue weighted by atomic mass is 9.82. The molecule has 5 aromatic rings. The fraction of sp³-hybridized carbons (Fsp3) is 0. The SMILES string of the molecule is N#Cc1cccc(-c2nc3ccccc3c3c2C=C(c2ccc(-c4c(N)cc(C#N)cc4C#N)cc2)/C(=N/S)C3=N)c1. The molecule has 42 heavy (non-hydrogen) atoms. The summed E-state index contributed by atoms with van der Waals surface area (Å²) in [4.78, 5) is 4.97. The van der Waals surface area contributed by atoms with Crippen LogP contribution in [0.4, 0.5) is 5.69 Å². The van der Waals surface area contributed by atoms with Crippen LogP contribution < -0.4 is 5.73 Å². The largest absolute Gasteiger partial charge is 0.398 e. The van der Waals surface area contributed by atoms with Gasteiger partial charge in [-0.05, 0) is 60.3 Å². The van der Waals surface area contributed by atoms with Crippen molar-refractivity contribution in [3.05, 3.63) is 118 Å². The molecule has 1 aromatic heterocycles. The highest BCUT2D eigenvalue weighted by Gasteiger charge is 2.29. The molecule has 0 unspecified atom stereocenters. The highest BCUT2D eigenvalue weighted by Crippen LogP contribution is 2.39. The average molecular weight is 558 g/mol. The zero-order valence-corrected chi connectivity index (χ0v) is 22.8. The standard InChI is InChI=1S/C34H19N7S/c35-16-19-4-3-5-23(12-19)33-27-15-26(34(41-42)32(39)31(27)25-6-1-2-7-29(25)40-33)21-8-10-22(11-9-21)30-24(18-37)13-20(17-36)14-28(30)38/h1-15,39,42H,38H2/b39-32?,41-34-. The van der Waals surface area contributed by atoms with Gasteiger partial charge in [-0.3, -0.25) is 5.41 Å². The lowest BCUT2D eigenvalue weighted by Gasteiger charge is -2.23. The number of para-hydroxylation sites is 1. The highest BCUT2D eigenvalue weighted by atomic mass is 32.1. The number of hydrogen-bond acceptors (Lipinski definition) is 8. The Morgan fingerprint density at radius 2 is 1.50 bits per heavy atom. The van der Waals surface area contributed by atoms with E-state index >= 15 is 0 Å². The number of allylic oxidation sites excluding steroid dienone is 1. The molecule has 8 heteroatoms. The van der Waals surface area contributed by atoms with Gasteiger partial charge in [0.25, 0.3) is 0 Å². The Morgan fingerprint density at radius 3 is 2.21 bits per heavy atom. The van der Waals surface area contributed by atoms with Crippen molar-refractivity contribution < 1.29 is 0 Å². The van der Waals surface area contributed by atoms with Gasteiger partial charge < -0.3 is 5.73 Å². The number of aromatic nitrogens is 1. The molecule has 1 aliphatic carbocycles. The van der Waals surface area contributed by atoms with Gasteiger partial charge in [-0.15, -0.1) is 0 Å². The Bertz CT molecular complexity index is 2150. The molecule has 1 heterocycles. The van der Waals surface area contributed by atoms with E-state index in [0.29, 0.717) is 50.5 Å². The molecule has 0 atom stereocenters. The van der Waals surface area contributed by atoms with Crippen LogP contribution in [0.25, 0.3) is 44.9 Å². The molecule has 0 amide bonds. The van der Waals surface area contributed by atoms with Gasteiger partial charge in [-0.25, -0.2) is 9.38 Å². The number of nitriles is 3. The van der Waals surface area contributed by atoms with Crippen molar-refractivity contribution in [3.63, 3.8) is 0 Å². The lowest BCUT2D eigenvalue weighted by molar-refractivity contribution is 1.36. The molecule has 0 saturated heterocycles. The number of nitrogens with zero attached hydrogens (tertiary/aromatic N) is 5. The smallest absolute Gasteiger partial charge is 0.104 e. The van der Waals surface area contributed by atoms with Crippen molar-refractivity contribution in [3.8, 4) is 40.6 Å². The molecule has 196 valence electrons. The van der Waals surface area contributed by atoms with Crippen LogP contribution in [-0.2, 0) is 0 Å². The van der Waals surface area contributed by atoms with Crippen LogP contribution in [0.1, 0.15) is 33.4 Å². The molecule has 4 aromatic carbocycles. The van der Waals surface area contributed by atoms with E-state index in [-0.39, 0.29) is 5.71 Å². The maximum atomic E-state index is 9.70. The van der Waals surface area contributed by atoms with Crippen molar-refractivity contribution in [1.29, 1.82) is 21.2 Å². The number of hydrogen-bond donors (Lipinski definition) is 3. The number of nitrogen functional groups attached to an aromatic ring is 1. The summed E-state index contributed by atoms with van der Waals surface area (Å²) in [5.74, 6) is 0. The van der Waals surface area contributed by atoms with E-state index in [4.69, 9.17) is 10.7 Å². The van der Waals surface area contributed by atoms with Crippen LogP contribution in [0.3, 0.4) is 0 Å². The molecule has 3 N–H and O–H groups in total. The minimum absolute atomic E-state index is 0.209. The Kier molecular flexibility index (Phi) is 6.57. The predicted octanol–water partition coefficient (Wildman–Crippen LogP) is 6.97. The van der Waals surface area contributed by atoms with Crippen molar-refractivity contribution in [2.75, 3.05) is 5.73 Å². The summed E-state index contributed by atoms with van der Waals surface area (Å²) in [7, 11) is 0. The van der Waals surface area contributed by atoms with Crippen LogP contribution in [-0.4, -0.2) is 16.4 Å². The van der Waals surface area contributed by atoms with Crippen LogP contribution in [0.15, 0.2) is 89.3 Å². The maximum absolute atomic E-state index is 9.70. The molecule has 0 bridgehead atoms. The fourth-order valence-corrected chi connectivity index (χ4v) is 5.55. The third kappa shape index (κ3) is 4.28. The van der Waals surface area contributed by atoms with Crippen LogP contribution in [0.2, 0.25) is 0 Å². The first-order chi connectivity index (χ1) is 20.5. The molecular weight excluding hydrogens is 538 g/mol. The van der Waals surface area contributed by atoms with E-state index in [2.05, 4.69) is 29.4 Å². The van der Waals surface area contributed by atoms with Crippen molar-refractivity contribution in [1.82, 2.24) is 4.98 Å². The minimum Gasteiger partial charge on any atom is -0.398 e. The van der Waals surface area contributed by atoms with E-state index in [1.807, 2.05) is 72.8 Å². The quantitative estimate of drug-likeness (QED) is 0.162. The Labute approximate surface area is 247 Å². The monoisotopic (exact) mass is 557 g/mol. The number of nitrogens with two attached hydrogens (primary N) is 1. The summed E-state index contributed by atoms with van der Waals surface area (Å²) in [5, 5.41) is 38.6. The van der Waals surface area contributed by atoms with Gasteiger partial charge in [0.2, 0.25) is 0 Å². The van der Waals surface area contributed by atoms with Gasteiger partial charge in [-0.1, -0.05) is 54.6 Å². The second-order valence-electron chi connectivity index (χ2n) is 9.63. The topological polar surface area (TPSA) is 146 Å². The van der Waals surface area contributed by atoms with Crippen molar-refractivity contribution >= 4 is 52.5 Å². The number of benzene rings is 4. The summed E-state index contributed by atoms with van der Waals surface area (Å²) in [6.45, 7) is 0. The first kappa shape index (κ1) is 26.2. The second kappa shape index (κ2) is 10.5. The molecule has 0 radical (unpaired) electrons. The molecule has 6 rings (SSSR count). The molecule has 0 saturated carbocycles. The van der Waals surface area contributed by atoms with E-state index in [0.717, 1.165) is 33.2 Å². The zero-order chi connectivity index (χ0) is 29.4. The number of thiol groups is 1. The van der Waals surface area contributed by atoms with Gasteiger partial charge in [0.1, 0.15) is 5.71 Å². The molecule has 7 nitrogen and oxygen atoms in total. The predicted molar refractivity (Wildman–Crippen MR) is 169 cm³/mol. The summed E-state index contributed by atoms with van der Waals surface area (Å²) in [6.07, 6.45) is 1.96. The second-order valence-corrected chi connectivity index (χ2v) is 9.83. The molecule has 0 spiro atoms. The summed E-state index contributed by atoms with van der Waals surface area (Å²) in [6, 6.07) is 31.8. The molecular formula is C34H19N7S. The number of nitrogens with one attached hydrogen (secondary N) is 1. The first-order valence-corrected chi connectivity index (χ1v) is 13.2. The first-order valence-electron chi connectivity index (χ1n) is 12.8. The number of pyridine rings is 1. The number of fused-ring (bicyclic) bond motifs is 3. The van der Waals surface area contributed by atoms with Crippen LogP contribution in [0, 0.1) is 39.4 Å². The Morgan fingerprint density at radius 1 is 0.762 bits per heavy atom. The summed E-state index contributed by atoms with van der Waals surface area (Å²) in [5.41, 5.74) is 14.6. The fourth-order valence-electron chi connectivity index (χ4n) is 5.34. The minimum atomic E-state index is 0.209. The van der Waals surface area contributed by atoms with Gasteiger partial charge in [0, 0.05) is 38.9 Å². The summed E-state index contributed by atoms with van der Waals surface area (Å²) >= 11 is 4.25. The summed E-state index contributed by atoms with van der Waals surface area (Å²) < 4.78 is 4.22. The third-order valence-electron chi connectivity index (χ3n) is 7.23. The van der Waals surface area contributed by atoms with Gasteiger partial charge in [0.15, 0.2) is 0 Å². The molecule has 0 aliphatic heterocycles. The van der Waals surface area contributed by atoms with Gasteiger partial charge >= 0.3 is 0 Å². The Balaban J connectivity index is 1.56. The van der Waals surface area contributed by atoms with E-state index in [1.54, 1.807) is 18.2 Å². The molecule has 1 aliphatic rings. The normalized spacial score (nSPS) is 13.1. The maximum Gasteiger partial charge on any atom is 0.104 e. The van der Waals surface area contributed by atoms with Crippen LogP contribution in [0.5, 0.6) is 0 Å². The average Bonchev–Trinajstić information content (AvgIpc) is 3.03. The number of anilines is 1. The third-order valence-corrected chi connectivity index (χ3v) is 7.43. The van der Waals surface area contributed by atoms with Crippen LogP contribution >= 0.6 is 12.8 Å². The van der Waals surface area contributed by atoms with E-state index in [9.17, 15) is 21.2 Å². The van der Waals surface area contributed by atoms with Gasteiger partial charge in [-0.2, -0.15) is 15.8 Å². The van der Waals surface area contributed by atoms with Gasteiger partial charge in [0.05, 0.1) is 51.8 Å².